The molecule has 6 nitrogen and oxygen atoms in total. The maximum absolute atomic E-state index is 12.0. The monoisotopic (exact) mass is 294 g/mol. The van der Waals surface area contributed by atoms with Gasteiger partial charge in [0.25, 0.3) is 11.6 Å². The van der Waals surface area contributed by atoms with Crippen LogP contribution in [0.3, 0.4) is 0 Å². The van der Waals surface area contributed by atoms with Crippen LogP contribution in [0.25, 0.3) is 0 Å². The zero-order valence-electron chi connectivity index (χ0n) is 10.5. The van der Waals surface area contributed by atoms with Gasteiger partial charge in [0.2, 0.25) is 0 Å². The van der Waals surface area contributed by atoms with Gasteiger partial charge in [-0.1, -0.05) is 11.6 Å². The number of benzene rings is 1. The minimum absolute atomic E-state index is 0.0309. The lowest BCUT2D eigenvalue weighted by Crippen LogP contribution is -2.26. The van der Waals surface area contributed by atoms with Crippen LogP contribution in [0.4, 0.5) is 5.69 Å². The largest absolute Gasteiger partial charge is 0.467 e. The lowest BCUT2D eigenvalue weighted by molar-refractivity contribution is -0.384. The van der Waals surface area contributed by atoms with E-state index >= 15 is 0 Å². The van der Waals surface area contributed by atoms with Gasteiger partial charge in [-0.15, -0.1) is 0 Å². The third-order valence-corrected chi connectivity index (χ3v) is 3.04. The Hall–Kier alpha value is -2.34. The van der Waals surface area contributed by atoms with Gasteiger partial charge in [0.1, 0.15) is 5.76 Å². The van der Waals surface area contributed by atoms with Crippen molar-refractivity contribution in [3.63, 3.8) is 0 Å². The summed E-state index contributed by atoms with van der Waals surface area (Å²) < 4.78 is 5.18. The molecule has 2 aromatic rings. The van der Waals surface area contributed by atoms with E-state index in [4.69, 9.17) is 16.0 Å². The van der Waals surface area contributed by atoms with Crippen molar-refractivity contribution >= 4 is 23.2 Å². The minimum Gasteiger partial charge on any atom is -0.467 e. The highest BCUT2D eigenvalue weighted by molar-refractivity contribution is 6.34. The van der Waals surface area contributed by atoms with Gasteiger partial charge >= 0.3 is 0 Å². The molecule has 1 amide bonds. The number of rotatable bonds is 4. The third kappa shape index (κ3) is 2.97. The van der Waals surface area contributed by atoms with Crippen molar-refractivity contribution in [2.45, 2.75) is 13.0 Å². The second-order valence-electron chi connectivity index (χ2n) is 4.13. The summed E-state index contributed by atoms with van der Waals surface area (Å²) in [5.41, 5.74) is 0.0151. The molecular formula is C13H11ClN2O4. The maximum Gasteiger partial charge on any atom is 0.270 e. The van der Waals surface area contributed by atoms with Crippen LogP contribution in [0.1, 0.15) is 29.1 Å². The van der Waals surface area contributed by atoms with E-state index in [-0.39, 0.29) is 22.3 Å². The van der Waals surface area contributed by atoms with E-state index in [1.165, 1.54) is 18.4 Å². The molecule has 104 valence electrons. The molecule has 1 atom stereocenters. The molecule has 1 N–H and O–H groups in total. The molecule has 7 heteroatoms. The molecule has 0 saturated carbocycles. The number of amides is 1. The maximum atomic E-state index is 12.0. The zero-order chi connectivity index (χ0) is 14.7. The van der Waals surface area contributed by atoms with Crippen molar-refractivity contribution in [2.75, 3.05) is 0 Å². The average Bonchev–Trinajstić information content (AvgIpc) is 2.92. The van der Waals surface area contributed by atoms with Crippen molar-refractivity contribution in [2.24, 2.45) is 0 Å². The van der Waals surface area contributed by atoms with Gasteiger partial charge in [0, 0.05) is 12.1 Å². The van der Waals surface area contributed by atoms with Gasteiger partial charge in [-0.3, -0.25) is 14.9 Å². The van der Waals surface area contributed by atoms with E-state index in [9.17, 15) is 14.9 Å². The number of nitrogens with one attached hydrogen (secondary N) is 1. The molecule has 0 aliphatic carbocycles. The fourth-order valence-electron chi connectivity index (χ4n) is 1.68. The molecular weight excluding hydrogens is 284 g/mol. The Morgan fingerprint density at radius 2 is 2.20 bits per heavy atom. The number of furan rings is 1. The number of halogens is 1. The number of nitro groups is 1. The fraction of sp³-hybridized carbons (Fsp3) is 0.154. The Bertz CT molecular complexity index is 640. The van der Waals surface area contributed by atoms with Crippen LogP contribution >= 0.6 is 11.6 Å². The van der Waals surface area contributed by atoms with E-state index in [1.54, 1.807) is 19.1 Å². The molecule has 20 heavy (non-hydrogen) atoms. The number of carbonyl (C=O) groups excluding carboxylic acids is 1. The van der Waals surface area contributed by atoms with Crippen molar-refractivity contribution in [1.82, 2.24) is 5.32 Å². The van der Waals surface area contributed by atoms with Crippen LogP contribution in [-0.2, 0) is 0 Å². The van der Waals surface area contributed by atoms with E-state index in [1.807, 2.05) is 0 Å². The first-order chi connectivity index (χ1) is 9.49. The van der Waals surface area contributed by atoms with Crippen LogP contribution in [0, 0.1) is 10.1 Å². The quantitative estimate of drug-likeness (QED) is 0.692. The number of non-ortho nitro benzene ring substituents is 1. The summed E-state index contributed by atoms with van der Waals surface area (Å²) in [5, 5.41) is 13.3. The Labute approximate surface area is 119 Å². The van der Waals surface area contributed by atoms with Gasteiger partial charge in [0.05, 0.1) is 27.8 Å². The van der Waals surface area contributed by atoms with Gasteiger partial charge in [-0.05, 0) is 25.1 Å². The normalized spacial score (nSPS) is 11.9. The van der Waals surface area contributed by atoms with Gasteiger partial charge < -0.3 is 9.73 Å². The summed E-state index contributed by atoms with van der Waals surface area (Å²) in [5.74, 6) is 0.185. The molecule has 0 spiro atoms. The lowest BCUT2D eigenvalue weighted by Gasteiger charge is -2.12. The molecule has 0 radical (unpaired) electrons. The van der Waals surface area contributed by atoms with Gasteiger partial charge in [0.15, 0.2) is 0 Å². The highest BCUT2D eigenvalue weighted by Crippen LogP contribution is 2.23. The molecule has 1 heterocycles. The van der Waals surface area contributed by atoms with Crippen molar-refractivity contribution < 1.29 is 14.1 Å². The Balaban J connectivity index is 2.15. The second kappa shape index (κ2) is 5.75. The molecule has 0 aliphatic rings. The molecule has 0 bridgehead atoms. The van der Waals surface area contributed by atoms with Crippen LogP contribution in [0.5, 0.6) is 0 Å². The van der Waals surface area contributed by atoms with Crippen LogP contribution in [0.15, 0.2) is 41.0 Å². The summed E-state index contributed by atoms with van der Waals surface area (Å²) in [6, 6.07) is 6.83. The van der Waals surface area contributed by atoms with E-state index in [2.05, 4.69) is 5.32 Å². The lowest BCUT2D eigenvalue weighted by atomic mass is 10.1. The fourth-order valence-corrected chi connectivity index (χ4v) is 1.95. The number of carbonyl (C=O) groups is 1. The molecule has 1 aromatic heterocycles. The zero-order valence-corrected chi connectivity index (χ0v) is 11.3. The first-order valence-corrected chi connectivity index (χ1v) is 6.15. The van der Waals surface area contributed by atoms with Crippen molar-refractivity contribution in [3.05, 3.63) is 63.1 Å². The van der Waals surface area contributed by atoms with Crippen LogP contribution < -0.4 is 5.32 Å². The molecule has 0 fully saturated rings. The van der Waals surface area contributed by atoms with Gasteiger partial charge in [-0.2, -0.15) is 0 Å². The predicted octanol–water partition coefficient (Wildman–Crippen LogP) is 3.33. The number of hydrogen-bond donors (Lipinski definition) is 1. The van der Waals surface area contributed by atoms with Crippen LogP contribution in [-0.4, -0.2) is 10.8 Å². The highest BCUT2D eigenvalue weighted by Gasteiger charge is 2.18. The number of nitrogens with zero attached hydrogens (tertiary/aromatic N) is 1. The standard InChI is InChI=1S/C13H11ClN2O4/c1-8(12-3-2-6-20-12)15-13(17)10-5-4-9(16(18)19)7-11(10)14/h2-8H,1H3,(H,15,17)/t8-/m0/s1. The first-order valence-electron chi connectivity index (χ1n) is 5.77. The summed E-state index contributed by atoms with van der Waals surface area (Å²) >= 11 is 5.89. The van der Waals surface area contributed by atoms with E-state index < -0.39 is 10.8 Å². The predicted molar refractivity (Wildman–Crippen MR) is 72.7 cm³/mol. The van der Waals surface area contributed by atoms with E-state index in [0.717, 1.165) is 6.07 Å². The summed E-state index contributed by atoms with van der Waals surface area (Å²) in [4.78, 5) is 22.1. The summed E-state index contributed by atoms with van der Waals surface area (Å²) in [6.07, 6.45) is 1.51. The number of nitro benzene ring substituents is 1. The third-order valence-electron chi connectivity index (χ3n) is 2.73. The summed E-state index contributed by atoms with van der Waals surface area (Å²) in [7, 11) is 0. The van der Waals surface area contributed by atoms with Gasteiger partial charge in [-0.25, -0.2) is 0 Å². The molecule has 0 unspecified atom stereocenters. The Kier molecular flexibility index (Phi) is 4.05. The SMILES string of the molecule is C[C@H](NC(=O)c1ccc([N+](=O)[O-])cc1Cl)c1ccco1. The van der Waals surface area contributed by atoms with Crippen molar-refractivity contribution in [1.29, 1.82) is 0 Å². The summed E-state index contributed by atoms with van der Waals surface area (Å²) in [6.45, 7) is 1.76. The Morgan fingerprint density at radius 1 is 1.45 bits per heavy atom. The highest BCUT2D eigenvalue weighted by atomic mass is 35.5. The topological polar surface area (TPSA) is 85.4 Å². The molecule has 0 saturated heterocycles. The Morgan fingerprint density at radius 3 is 2.75 bits per heavy atom. The molecule has 2 rings (SSSR count). The smallest absolute Gasteiger partial charge is 0.270 e. The van der Waals surface area contributed by atoms with E-state index in [0.29, 0.717) is 5.76 Å². The van der Waals surface area contributed by atoms with Crippen molar-refractivity contribution in [3.8, 4) is 0 Å². The first kappa shape index (κ1) is 14.1. The molecule has 0 aliphatic heterocycles. The second-order valence-corrected chi connectivity index (χ2v) is 4.54. The average molecular weight is 295 g/mol. The molecule has 1 aromatic carbocycles. The van der Waals surface area contributed by atoms with Crippen LogP contribution in [0.2, 0.25) is 5.02 Å². The number of hydrogen-bond acceptors (Lipinski definition) is 4. The minimum atomic E-state index is -0.570.